The predicted molar refractivity (Wildman–Crippen MR) is 102 cm³/mol. The largest absolute Gasteiger partial charge is 0.280 e. The smallest absolute Gasteiger partial charge is 0.268 e. The van der Waals surface area contributed by atoms with Crippen molar-refractivity contribution < 1.29 is 18.0 Å². The van der Waals surface area contributed by atoms with Gasteiger partial charge < -0.3 is 0 Å². The zero-order chi connectivity index (χ0) is 19.9. The summed E-state index contributed by atoms with van der Waals surface area (Å²) in [5.74, 6) is -0.814. The minimum atomic E-state index is -3.54. The van der Waals surface area contributed by atoms with Crippen LogP contribution in [0, 0.1) is 0 Å². The molecular formula is C20H21N3O4S. The molecule has 7 nitrogen and oxygen atoms in total. The fourth-order valence-electron chi connectivity index (χ4n) is 3.77. The summed E-state index contributed by atoms with van der Waals surface area (Å²) in [5, 5.41) is 0. The standard InChI is InChI=1S/C20H21N3O4S/c1-14-5-2-3-12-23(14)28(26,27)16-9-7-15(8-10-16)13-22-19(24)17-6-4-11-21-18(17)20(22)25/h4,6-11,14H,2-3,5,12-13H2,1H3. The Labute approximate surface area is 164 Å². The average molecular weight is 399 g/mol. The molecule has 1 atom stereocenters. The summed E-state index contributed by atoms with van der Waals surface area (Å²) in [6, 6.07) is 9.58. The first kappa shape index (κ1) is 18.8. The molecule has 2 aromatic rings. The number of sulfonamides is 1. The molecule has 0 bridgehead atoms. The van der Waals surface area contributed by atoms with Gasteiger partial charge in [0, 0.05) is 18.8 Å². The number of carbonyl (C=O) groups is 2. The minimum Gasteiger partial charge on any atom is -0.268 e. The number of nitrogens with zero attached hydrogens (tertiary/aromatic N) is 3. The van der Waals surface area contributed by atoms with Crippen molar-refractivity contribution in [1.29, 1.82) is 0 Å². The van der Waals surface area contributed by atoms with Crippen LogP contribution in [-0.2, 0) is 16.6 Å². The molecule has 1 aromatic heterocycles. The van der Waals surface area contributed by atoms with E-state index >= 15 is 0 Å². The molecular weight excluding hydrogens is 378 g/mol. The van der Waals surface area contributed by atoms with Crippen LogP contribution >= 0.6 is 0 Å². The van der Waals surface area contributed by atoms with Crippen molar-refractivity contribution in [2.45, 2.75) is 43.7 Å². The van der Waals surface area contributed by atoms with Gasteiger partial charge in [0.2, 0.25) is 10.0 Å². The maximum absolute atomic E-state index is 12.9. The zero-order valence-electron chi connectivity index (χ0n) is 15.5. The summed E-state index contributed by atoms with van der Waals surface area (Å²) in [7, 11) is -3.54. The van der Waals surface area contributed by atoms with Crippen LogP contribution in [0.1, 0.15) is 52.6 Å². The topological polar surface area (TPSA) is 87.7 Å². The van der Waals surface area contributed by atoms with Crippen molar-refractivity contribution in [3.05, 3.63) is 59.4 Å². The molecule has 2 aliphatic rings. The van der Waals surface area contributed by atoms with Crippen molar-refractivity contribution in [2.75, 3.05) is 6.54 Å². The van der Waals surface area contributed by atoms with E-state index in [2.05, 4.69) is 4.98 Å². The van der Waals surface area contributed by atoms with Crippen LogP contribution in [0.2, 0.25) is 0 Å². The van der Waals surface area contributed by atoms with Crippen LogP contribution in [0.5, 0.6) is 0 Å². The Hall–Kier alpha value is -2.58. The van der Waals surface area contributed by atoms with E-state index in [0.717, 1.165) is 24.2 Å². The number of carbonyl (C=O) groups excluding carboxylic acids is 2. The second-order valence-corrected chi connectivity index (χ2v) is 9.09. The van der Waals surface area contributed by atoms with Gasteiger partial charge in [-0.15, -0.1) is 0 Å². The summed E-state index contributed by atoms with van der Waals surface area (Å²) < 4.78 is 27.4. The van der Waals surface area contributed by atoms with E-state index in [0.29, 0.717) is 17.7 Å². The number of imide groups is 1. The van der Waals surface area contributed by atoms with Crippen LogP contribution in [0.4, 0.5) is 0 Å². The fraction of sp³-hybridized carbons (Fsp3) is 0.350. The molecule has 0 radical (unpaired) electrons. The van der Waals surface area contributed by atoms with E-state index in [1.807, 2.05) is 6.92 Å². The molecule has 0 N–H and O–H groups in total. The molecule has 0 aliphatic carbocycles. The Balaban J connectivity index is 1.53. The van der Waals surface area contributed by atoms with Crippen LogP contribution < -0.4 is 0 Å². The lowest BCUT2D eigenvalue weighted by Gasteiger charge is -2.32. The van der Waals surface area contributed by atoms with Gasteiger partial charge in [0.1, 0.15) is 5.69 Å². The molecule has 1 saturated heterocycles. The average Bonchev–Trinajstić information content (AvgIpc) is 2.94. The molecule has 1 aromatic carbocycles. The SMILES string of the molecule is CC1CCCCN1S(=O)(=O)c1ccc(CN2C(=O)c3cccnc3C2=O)cc1. The van der Waals surface area contributed by atoms with Crippen LogP contribution in [0.3, 0.4) is 0 Å². The third kappa shape index (κ3) is 3.12. The van der Waals surface area contributed by atoms with E-state index in [9.17, 15) is 18.0 Å². The third-order valence-electron chi connectivity index (χ3n) is 5.34. The Morgan fingerprint density at radius 3 is 2.50 bits per heavy atom. The summed E-state index contributed by atoms with van der Waals surface area (Å²) in [4.78, 5) is 30.2. The lowest BCUT2D eigenvalue weighted by molar-refractivity contribution is 0.0640. The molecule has 3 heterocycles. The first-order valence-corrected chi connectivity index (χ1v) is 10.8. The highest BCUT2D eigenvalue weighted by molar-refractivity contribution is 7.89. The molecule has 2 aliphatic heterocycles. The molecule has 0 spiro atoms. The zero-order valence-corrected chi connectivity index (χ0v) is 16.4. The number of amides is 2. The Kier molecular flexibility index (Phi) is 4.76. The highest BCUT2D eigenvalue weighted by atomic mass is 32.2. The van der Waals surface area contributed by atoms with Gasteiger partial charge in [0.25, 0.3) is 11.8 Å². The minimum absolute atomic E-state index is 0.00993. The van der Waals surface area contributed by atoms with E-state index in [-0.39, 0.29) is 29.1 Å². The number of fused-ring (bicyclic) bond motifs is 1. The van der Waals surface area contributed by atoms with E-state index in [1.165, 1.54) is 6.20 Å². The lowest BCUT2D eigenvalue weighted by atomic mass is 10.1. The monoisotopic (exact) mass is 399 g/mol. The number of pyridine rings is 1. The van der Waals surface area contributed by atoms with Gasteiger partial charge in [-0.05, 0) is 49.6 Å². The summed E-state index contributed by atoms with van der Waals surface area (Å²) in [5.41, 5.74) is 1.14. The van der Waals surface area contributed by atoms with Gasteiger partial charge in [-0.2, -0.15) is 4.31 Å². The third-order valence-corrected chi connectivity index (χ3v) is 7.37. The number of benzene rings is 1. The number of piperidine rings is 1. The Morgan fingerprint density at radius 1 is 1.07 bits per heavy atom. The van der Waals surface area contributed by atoms with Crippen LogP contribution in [-0.4, -0.2) is 47.0 Å². The summed E-state index contributed by atoms with van der Waals surface area (Å²) >= 11 is 0. The van der Waals surface area contributed by atoms with E-state index in [1.54, 1.807) is 40.7 Å². The number of hydrogen-bond acceptors (Lipinski definition) is 5. The molecule has 8 heteroatoms. The lowest BCUT2D eigenvalue weighted by Crippen LogP contribution is -2.41. The maximum atomic E-state index is 12.9. The Bertz CT molecular complexity index is 999. The molecule has 146 valence electrons. The van der Waals surface area contributed by atoms with Gasteiger partial charge in [-0.1, -0.05) is 18.6 Å². The Morgan fingerprint density at radius 2 is 1.82 bits per heavy atom. The van der Waals surface area contributed by atoms with Gasteiger partial charge in [0.15, 0.2) is 0 Å². The molecule has 1 fully saturated rings. The summed E-state index contributed by atoms with van der Waals surface area (Å²) in [6.07, 6.45) is 4.26. The number of rotatable bonds is 4. The second kappa shape index (κ2) is 7.10. The normalized spacial score (nSPS) is 20.5. The highest BCUT2D eigenvalue weighted by Gasteiger charge is 2.36. The van der Waals surface area contributed by atoms with Crippen molar-refractivity contribution in [1.82, 2.24) is 14.2 Å². The van der Waals surface area contributed by atoms with Crippen molar-refractivity contribution in [3.8, 4) is 0 Å². The molecule has 28 heavy (non-hydrogen) atoms. The second-order valence-electron chi connectivity index (χ2n) is 7.20. The molecule has 4 rings (SSSR count). The molecule has 0 saturated carbocycles. The first-order valence-electron chi connectivity index (χ1n) is 9.31. The fourth-order valence-corrected chi connectivity index (χ4v) is 5.47. The van der Waals surface area contributed by atoms with Crippen LogP contribution in [0.25, 0.3) is 0 Å². The van der Waals surface area contributed by atoms with Crippen LogP contribution in [0.15, 0.2) is 47.5 Å². The first-order chi connectivity index (χ1) is 13.4. The number of hydrogen-bond donors (Lipinski definition) is 0. The van der Waals surface area contributed by atoms with Gasteiger partial charge in [-0.3, -0.25) is 19.5 Å². The van der Waals surface area contributed by atoms with Gasteiger partial charge >= 0.3 is 0 Å². The van der Waals surface area contributed by atoms with E-state index < -0.39 is 15.9 Å². The van der Waals surface area contributed by atoms with Gasteiger partial charge in [0.05, 0.1) is 17.0 Å². The van der Waals surface area contributed by atoms with Crippen molar-refractivity contribution >= 4 is 21.8 Å². The maximum Gasteiger partial charge on any atom is 0.280 e. The van der Waals surface area contributed by atoms with Gasteiger partial charge in [-0.25, -0.2) is 8.42 Å². The quantitative estimate of drug-likeness (QED) is 0.737. The van der Waals surface area contributed by atoms with E-state index in [4.69, 9.17) is 0 Å². The summed E-state index contributed by atoms with van der Waals surface area (Å²) in [6.45, 7) is 2.54. The molecule has 2 amide bonds. The predicted octanol–water partition coefficient (Wildman–Crippen LogP) is 2.44. The highest BCUT2D eigenvalue weighted by Crippen LogP contribution is 2.26. The van der Waals surface area contributed by atoms with Crippen molar-refractivity contribution in [3.63, 3.8) is 0 Å². The van der Waals surface area contributed by atoms with Crippen molar-refractivity contribution in [2.24, 2.45) is 0 Å². The molecule has 1 unspecified atom stereocenters. The number of aromatic nitrogens is 1.